The normalized spacial score (nSPS) is 13.7. The minimum atomic E-state index is -0.299. The maximum absolute atomic E-state index is 6.51. The molecule has 0 fully saturated rings. The van der Waals surface area contributed by atoms with Gasteiger partial charge >= 0.3 is 0 Å². The monoisotopic (exact) mass is 283 g/mol. The van der Waals surface area contributed by atoms with Crippen LogP contribution >= 0.6 is 0 Å². The highest BCUT2D eigenvalue weighted by Gasteiger charge is 2.20. The van der Waals surface area contributed by atoms with Crippen molar-refractivity contribution in [2.75, 3.05) is 7.11 Å². The zero-order valence-corrected chi connectivity index (χ0v) is 13.2. The highest BCUT2D eigenvalue weighted by Crippen LogP contribution is 2.24. The zero-order valence-electron chi connectivity index (χ0n) is 13.2. The van der Waals surface area contributed by atoms with Crippen molar-refractivity contribution in [3.8, 4) is 5.75 Å². The lowest BCUT2D eigenvalue weighted by Gasteiger charge is -2.25. The Morgan fingerprint density at radius 1 is 0.952 bits per heavy atom. The van der Waals surface area contributed by atoms with E-state index < -0.39 is 0 Å². The van der Waals surface area contributed by atoms with Gasteiger partial charge in [0.15, 0.2) is 0 Å². The van der Waals surface area contributed by atoms with Crippen molar-refractivity contribution >= 4 is 0 Å². The lowest BCUT2D eigenvalue weighted by atomic mass is 9.86. The van der Waals surface area contributed by atoms with E-state index in [-0.39, 0.29) is 5.54 Å². The molecule has 0 aliphatic heterocycles. The summed E-state index contributed by atoms with van der Waals surface area (Å²) < 4.78 is 5.18. The number of ether oxygens (including phenoxy) is 1. The standard InChI is InChI=1S/C19H25NO/c1-4-15-5-9-17(10-6-15)19(2,20)14-13-16-7-11-18(21-3)12-8-16/h5-12H,4,13-14,20H2,1-3H3. The van der Waals surface area contributed by atoms with E-state index in [2.05, 4.69) is 50.2 Å². The fourth-order valence-electron chi connectivity index (χ4n) is 2.46. The number of methoxy groups -OCH3 is 1. The summed E-state index contributed by atoms with van der Waals surface area (Å²) in [6.45, 7) is 4.28. The first kappa shape index (κ1) is 15.6. The van der Waals surface area contributed by atoms with E-state index in [1.54, 1.807) is 7.11 Å². The molecule has 0 saturated heterocycles. The van der Waals surface area contributed by atoms with Gasteiger partial charge in [0.05, 0.1) is 7.11 Å². The molecule has 2 nitrogen and oxygen atoms in total. The van der Waals surface area contributed by atoms with Crippen LogP contribution in [-0.4, -0.2) is 7.11 Å². The fourth-order valence-corrected chi connectivity index (χ4v) is 2.46. The summed E-state index contributed by atoms with van der Waals surface area (Å²) in [6.07, 6.45) is 2.95. The van der Waals surface area contributed by atoms with Gasteiger partial charge in [0.1, 0.15) is 5.75 Å². The van der Waals surface area contributed by atoms with Crippen LogP contribution in [0.15, 0.2) is 48.5 Å². The number of benzene rings is 2. The van der Waals surface area contributed by atoms with Crippen LogP contribution in [0, 0.1) is 0 Å². The van der Waals surface area contributed by atoms with E-state index in [1.165, 1.54) is 16.7 Å². The van der Waals surface area contributed by atoms with Gasteiger partial charge < -0.3 is 10.5 Å². The first-order valence-electron chi connectivity index (χ1n) is 7.56. The van der Waals surface area contributed by atoms with E-state index in [0.717, 1.165) is 25.0 Å². The Kier molecular flexibility index (Phi) is 5.03. The summed E-state index contributed by atoms with van der Waals surface area (Å²) in [5.41, 5.74) is 10.1. The van der Waals surface area contributed by atoms with Gasteiger partial charge in [-0.25, -0.2) is 0 Å². The predicted octanol–water partition coefficient (Wildman–Crippen LogP) is 4.06. The van der Waals surface area contributed by atoms with Gasteiger partial charge in [0, 0.05) is 5.54 Å². The molecule has 2 aromatic carbocycles. The molecule has 2 aromatic rings. The van der Waals surface area contributed by atoms with Crippen LogP contribution < -0.4 is 10.5 Å². The smallest absolute Gasteiger partial charge is 0.118 e. The second-order valence-electron chi connectivity index (χ2n) is 5.82. The van der Waals surface area contributed by atoms with Crippen LogP contribution in [0.4, 0.5) is 0 Å². The third-order valence-electron chi connectivity index (χ3n) is 4.11. The van der Waals surface area contributed by atoms with E-state index in [1.807, 2.05) is 12.1 Å². The van der Waals surface area contributed by atoms with Crippen molar-refractivity contribution < 1.29 is 4.74 Å². The third kappa shape index (κ3) is 4.08. The van der Waals surface area contributed by atoms with E-state index in [0.29, 0.717) is 0 Å². The van der Waals surface area contributed by atoms with Crippen molar-refractivity contribution in [2.45, 2.75) is 38.6 Å². The maximum Gasteiger partial charge on any atom is 0.118 e. The summed E-state index contributed by atoms with van der Waals surface area (Å²) in [5.74, 6) is 0.893. The topological polar surface area (TPSA) is 35.2 Å². The minimum absolute atomic E-state index is 0.299. The molecule has 2 rings (SSSR count). The molecular weight excluding hydrogens is 258 g/mol. The summed E-state index contributed by atoms with van der Waals surface area (Å²) in [4.78, 5) is 0. The van der Waals surface area contributed by atoms with Crippen LogP contribution in [0.1, 0.15) is 37.0 Å². The van der Waals surface area contributed by atoms with Crippen molar-refractivity contribution in [1.82, 2.24) is 0 Å². The average molecular weight is 283 g/mol. The lowest BCUT2D eigenvalue weighted by molar-refractivity contribution is 0.414. The van der Waals surface area contributed by atoms with Gasteiger partial charge in [-0.3, -0.25) is 0 Å². The van der Waals surface area contributed by atoms with Crippen molar-refractivity contribution in [2.24, 2.45) is 5.73 Å². The summed E-state index contributed by atoms with van der Waals surface area (Å²) in [5, 5.41) is 0. The molecule has 0 bridgehead atoms. The fraction of sp³-hybridized carbons (Fsp3) is 0.368. The molecule has 0 radical (unpaired) electrons. The molecule has 0 aliphatic rings. The van der Waals surface area contributed by atoms with E-state index in [4.69, 9.17) is 10.5 Å². The molecule has 1 unspecified atom stereocenters. The first-order valence-corrected chi connectivity index (χ1v) is 7.56. The molecule has 0 saturated carbocycles. The van der Waals surface area contributed by atoms with Gasteiger partial charge in [0.25, 0.3) is 0 Å². The van der Waals surface area contributed by atoms with E-state index in [9.17, 15) is 0 Å². The molecule has 0 aromatic heterocycles. The quantitative estimate of drug-likeness (QED) is 0.867. The lowest BCUT2D eigenvalue weighted by Crippen LogP contribution is -2.33. The van der Waals surface area contributed by atoms with Crippen LogP contribution in [0.2, 0.25) is 0 Å². The summed E-state index contributed by atoms with van der Waals surface area (Å²) in [6, 6.07) is 16.9. The molecule has 0 aliphatic carbocycles. The molecule has 0 spiro atoms. The number of rotatable bonds is 6. The van der Waals surface area contributed by atoms with Crippen LogP contribution in [0.5, 0.6) is 5.75 Å². The second kappa shape index (κ2) is 6.77. The minimum Gasteiger partial charge on any atom is -0.497 e. The predicted molar refractivity (Wildman–Crippen MR) is 88.7 cm³/mol. The van der Waals surface area contributed by atoms with Gasteiger partial charge in [-0.2, -0.15) is 0 Å². The summed E-state index contributed by atoms with van der Waals surface area (Å²) >= 11 is 0. The van der Waals surface area contributed by atoms with Crippen LogP contribution in [0.25, 0.3) is 0 Å². The first-order chi connectivity index (χ1) is 10.0. The number of nitrogens with two attached hydrogens (primary N) is 1. The Morgan fingerprint density at radius 3 is 2.05 bits per heavy atom. The SMILES string of the molecule is CCc1ccc(C(C)(N)CCc2ccc(OC)cc2)cc1. The highest BCUT2D eigenvalue weighted by atomic mass is 16.5. The Morgan fingerprint density at radius 2 is 1.52 bits per heavy atom. The highest BCUT2D eigenvalue weighted by molar-refractivity contribution is 5.30. The van der Waals surface area contributed by atoms with Crippen molar-refractivity contribution in [3.05, 3.63) is 65.2 Å². The number of hydrogen-bond acceptors (Lipinski definition) is 2. The maximum atomic E-state index is 6.51. The third-order valence-corrected chi connectivity index (χ3v) is 4.11. The Labute approximate surface area is 127 Å². The summed E-state index contributed by atoms with van der Waals surface area (Å²) in [7, 11) is 1.69. The van der Waals surface area contributed by atoms with E-state index >= 15 is 0 Å². The Bertz CT molecular complexity index is 555. The molecular formula is C19H25NO. The molecule has 112 valence electrons. The molecule has 0 heterocycles. The van der Waals surface area contributed by atoms with Crippen LogP contribution in [-0.2, 0) is 18.4 Å². The molecule has 0 amide bonds. The Hall–Kier alpha value is -1.80. The zero-order chi connectivity index (χ0) is 15.3. The van der Waals surface area contributed by atoms with Crippen molar-refractivity contribution in [1.29, 1.82) is 0 Å². The van der Waals surface area contributed by atoms with Crippen molar-refractivity contribution in [3.63, 3.8) is 0 Å². The largest absolute Gasteiger partial charge is 0.497 e. The molecule has 21 heavy (non-hydrogen) atoms. The molecule has 2 heteroatoms. The van der Waals surface area contributed by atoms with Gasteiger partial charge in [-0.1, -0.05) is 43.3 Å². The second-order valence-corrected chi connectivity index (χ2v) is 5.82. The van der Waals surface area contributed by atoms with Crippen LogP contribution in [0.3, 0.4) is 0 Å². The average Bonchev–Trinajstić information content (AvgIpc) is 2.53. The number of hydrogen-bond donors (Lipinski definition) is 1. The van der Waals surface area contributed by atoms with Gasteiger partial charge in [0.2, 0.25) is 0 Å². The molecule has 1 atom stereocenters. The molecule has 2 N–H and O–H groups in total. The van der Waals surface area contributed by atoms with Gasteiger partial charge in [-0.15, -0.1) is 0 Å². The number of aryl methyl sites for hydroxylation is 2. The Balaban J connectivity index is 2.01. The van der Waals surface area contributed by atoms with Gasteiger partial charge in [-0.05, 0) is 55.0 Å².